The number of hydrogen-bond acceptors (Lipinski definition) is 6. The molecule has 0 heterocycles. The summed E-state index contributed by atoms with van der Waals surface area (Å²) in [6.45, 7) is 0. The Morgan fingerprint density at radius 2 is 0.902 bits per heavy atom. The highest BCUT2D eigenvalue weighted by atomic mass is 32.2. The smallest absolute Gasteiger partial charge is 0.240 e. The largest absolute Gasteiger partial charge is 0.326 e. The van der Waals surface area contributed by atoms with Crippen molar-refractivity contribution in [3.05, 3.63) is 48.5 Å². The molecule has 41 heavy (non-hydrogen) atoms. The quantitative estimate of drug-likeness (QED) is 0.277. The number of carbonyl (C=O) groups is 2. The summed E-state index contributed by atoms with van der Waals surface area (Å²) in [6, 6.07) is 12.0. The fourth-order valence-electron chi connectivity index (χ4n) is 5.31. The van der Waals surface area contributed by atoms with Crippen molar-refractivity contribution in [3.63, 3.8) is 0 Å². The van der Waals surface area contributed by atoms with E-state index in [1.807, 2.05) is 0 Å². The first-order valence-corrected chi connectivity index (χ1v) is 17.4. The molecular formula is C29H40N4O6S2. The minimum atomic E-state index is -3.61. The normalized spacial score (nSPS) is 17.2. The Kier molecular flexibility index (Phi) is 10.9. The molecule has 0 radical (unpaired) electrons. The summed E-state index contributed by atoms with van der Waals surface area (Å²) in [5, 5.41) is 5.45. The summed E-state index contributed by atoms with van der Waals surface area (Å²) in [5.74, 6) is -0.567. The zero-order chi connectivity index (χ0) is 29.3. The summed E-state index contributed by atoms with van der Waals surface area (Å²) >= 11 is 0. The first-order valence-electron chi connectivity index (χ1n) is 14.5. The third kappa shape index (κ3) is 9.63. The molecular weight excluding hydrogens is 564 g/mol. The Balaban J connectivity index is 1.17. The number of nitrogens with one attached hydrogen (secondary N) is 4. The monoisotopic (exact) mass is 604 g/mol. The molecule has 2 aromatic rings. The van der Waals surface area contributed by atoms with Gasteiger partial charge in [0.25, 0.3) is 0 Å². The predicted molar refractivity (Wildman–Crippen MR) is 158 cm³/mol. The Morgan fingerprint density at radius 3 is 1.24 bits per heavy atom. The summed E-state index contributed by atoms with van der Waals surface area (Å²) in [5.41, 5.74) is 0.952. The number of rotatable bonds is 12. The van der Waals surface area contributed by atoms with Crippen LogP contribution in [0.3, 0.4) is 0 Å². The van der Waals surface area contributed by atoms with Crippen LogP contribution in [0.15, 0.2) is 58.3 Å². The Morgan fingerprint density at radius 1 is 0.561 bits per heavy atom. The van der Waals surface area contributed by atoms with Crippen LogP contribution in [0.1, 0.15) is 83.5 Å². The minimum Gasteiger partial charge on any atom is -0.326 e. The second-order valence-electron chi connectivity index (χ2n) is 10.9. The van der Waals surface area contributed by atoms with Crippen LogP contribution in [0, 0.1) is 0 Å². The van der Waals surface area contributed by atoms with E-state index in [9.17, 15) is 26.4 Å². The molecule has 4 N–H and O–H groups in total. The van der Waals surface area contributed by atoms with Crippen LogP contribution in [0.5, 0.6) is 0 Å². The fraction of sp³-hybridized carbons (Fsp3) is 0.517. The van der Waals surface area contributed by atoms with Crippen molar-refractivity contribution in [2.75, 3.05) is 10.6 Å². The Hall–Kier alpha value is -2.80. The number of benzene rings is 2. The van der Waals surface area contributed by atoms with E-state index in [4.69, 9.17) is 0 Å². The van der Waals surface area contributed by atoms with E-state index in [2.05, 4.69) is 20.1 Å². The molecule has 0 aromatic heterocycles. The molecule has 224 valence electrons. The molecule has 0 atom stereocenters. The van der Waals surface area contributed by atoms with Crippen LogP contribution < -0.4 is 20.1 Å². The standard InChI is InChI=1S/C29H40N4O6S2/c34-28(30-22-14-18-26(19-15-22)40(36,37)32-24-8-3-1-4-9-24)12-7-13-29(35)31-23-16-20-27(21-17-23)41(38,39)33-25-10-5-2-6-11-25/h14-21,24-25,32-33H,1-13H2,(H,30,34)(H,31,35). The average Bonchev–Trinajstić information content (AvgIpc) is 2.94. The van der Waals surface area contributed by atoms with Gasteiger partial charge < -0.3 is 10.6 Å². The number of sulfonamides is 2. The van der Waals surface area contributed by atoms with Crippen molar-refractivity contribution >= 4 is 43.2 Å². The van der Waals surface area contributed by atoms with Crippen molar-refractivity contribution in [2.24, 2.45) is 0 Å². The second kappa shape index (κ2) is 14.4. The summed E-state index contributed by atoms with van der Waals surface area (Å²) in [6.07, 6.45) is 10.3. The zero-order valence-electron chi connectivity index (χ0n) is 23.2. The molecule has 2 aromatic carbocycles. The molecule has 10 nitrogen and oxygen atoms in total. The molecule has 2 aliphatic rings. The van der Waals surface area contributed by atoms with Gasteiger partial charge in [-0.3, -0.25) is 9.59 Å². The van der Waals surface area contributed by atoms with Gasteiger partial charge in [0, 0.05) is 36.3 Å². The van der Waals surface area contributed by atoms with E-state index >= 15 is 0 Å². The third-order valence-corrected chi connectivity index (χ3v) is 10.6. The number of amides is 2. The van der Waals surface area contributed by atoms with E-state index in [1.54, 1.807) is 24.3 Å². The molecule has 2 fully saturated rings. The molecule has 0 aliphatic heterocycles. The van der Waals surface area contributed by atoms with Crippen LogP contribution in [0.2, 0.25) is 0 Å². The maximum absolute atomic E-state index is 12.6. The fourth-order valence-corrected chi connectivity index (χ4v) is 7.92. The van der Waals surface area contributed by atoms with Crippen molar-refractivity contribution in [2.45, 2.75) is 105 Å². The Bertz CT molecular complexity index is 1270. The van der Waals surface area contributed by atoms with Gasteiger partial charge in [0.2, 0.25) is 31.9 Å². The molecule has 2 saturated carbocycles. The van der Waals surface area contributed by atoms with Crippen molar-refractivity contribution < 1.29 is 26.4 Å². The third-order valence-electron chi connectivity index (χ3n) is 7.56. The SMILES string of the molecule is O=C(CCCC(=O)Nc1ccc(S(=O)(=O)NC2CCCCC2)cc1)Nc1ccc(S(=O)(=O)NC2CCCCC2)cc1. The van der Waals surface area contributed by atoms with Gasteiger partial charge in [-0.2, -0.15) is 0 Å². The number of carbonyl (C=O) groups excluding carboxylic acids is 2. The van der Waals surface area contributed by atoms with Gasteiger partial charge in [-0.15, -0.1) is 0 Å². The van der Waals surface area contributed by atoms with Crippen LogP contribution >= 0.6 is 0 Å². The van der Waals surface area contributed by atoms with Gasteiger partial charge in [-0.1, -0.05) is 38.5 Å². The van der Waals surface area contributed by atoms with Gasteiger partial charge in [0.05, 0.1) is 9.79 Å². The summed E-state index contributed by atoms with van der Waals surface area (Å²) in [7, 11) is -7.22. The molecule has 0 spiro atoms. The highest BCUT2D eigenvalue weighted by Gasteiger charge is 2.23. The van der Waals surface area contributed by atoms with Gasteiger partial charge in [0.15, 0.2) is 0 Å². The lowest BCUT2D eigenvalue weighted by atomic mass is 9.96. The van der Waals surface area contributed by atoms with Crippen LogP contribution in [0.4, 0.5) is 11.4 Å². The molecule has 0 unspecified atom stereocenters. The Labute approximate surface area is 243 Å². The molecule has 0 bridgehead atoms. The predicted octanol–water partition coefficient (Wildman–Crippen LogP) is 4.66. The second-order valence-corrected chi connectivity index (χ2v) is 14.3. The van der Waals surface area contributed by atoms with E-state index in [0.29, 0.717) is 17.8 Å². The lowest BCUT2D eigenvalue weighted by Crippen LogP contribution is -2.36. The molecule has 0 saturated heterocycles. The van der Waals surface area contributed by atoms with Crippen LogP contribution in [-0.4, -0.2) is 40.7 Å². The van der Waals surface area contributed by atoms with Gasteiger partial charge in [0.1, 0.15) is 0 Å². The van der Waals surface area contributed by atoms with E-state index in [0.717, 1.165) is 64.2 Å². The number of hydrogen-bond donors (Lipinski definition) is 4. The minimum absolute atomic E-state index is 0.0332. The van der Waals surface area contributed by atoms with Crippen LogP contribution in [-0.2, 0) is 29.6 Å². The first-order chi connectivity index (χ1) is 19.6. The van der Waals surface area contributed by atoms with Crippen LogP contribution in [0.25, 0.3) is 0 Å². The lowest BCUT2D eigenvalue weighted by molar-refractivity contribution is -0.117. The molecule has 2 amide bonds. The maximum Gasteiger partial charge on any atom is 0.240 e. The van der Waals surface area contributed by atoms with E-state index in [1.165, 1.54) is 24.3 Å². The summed E-state index contributed by atoms with van der Waals surface area (Å²) in [4.78, 5) is 25.0. The highest BCUT2D eigenvalue weighted by Crippen LogP contribution is 2.22. The van der Waals surface area contributed by atoms with E-state index in [-0.39, 0.29) is 46.5 Å². The van der Waals surface area contributed by atoms with Gasteiger partial charge >= 0.3 is 0 Å². The average molecular weight is 605 g/mol. The molecule has 12 heteroatoms. The van der Waals surface area contributed by atoms with Crippen molar-refractivity contribution in [1.82, 2.24) is 9.44 Å². The zero-order valence-corrected chi connectivity index (χ0v) is 24.9. The first kappa shape index (κ1) is 31.1. The van der Waals surface area contributed by atoms with Crippen molar-refractivity contribution in [1.29, 1.82) is 0 Å². The topological polar surface area (TPSA) is 151 Å². The summed E-state index contributed by atoms with van der Waals surface area (Å²) < 4.78 is 56.1. The van der Waals surface area contributed by atoms with Crippen molar-refractivity contribution in [3.8, 4) is 0 Å². The number of anilines is 2. The van der Waals surface area contributed by atoms with E-state index < -0.39 is 20.0 Å². The lowest BCUT2D eigenvalue weighted by Gasteiger charge is -2.22. The highest BCUT2D eigenvalue weighted by molar-refractivity contribution is 7.89. The van der Waals surface area contributed by atoms with Gasteiger partial charge in [-0.25, -0.2) is 26.3 Å². The molecule has 4 rings (SSSR count). The molecule has 2 aliphatic carbocycles. The maximum atomic E-state index is 12.6. The van der Waals surface area contributed by atoms with Gasteiger partial charge in [-0.05, 0) is 80.6 Å².